The topological polar surface area (TPSA) is 66.3 Å². The zero-order chi connectivity index (χ0) is 11.9. The van der Waals surface area contributed by atoms with Gasteiger partial charge < -0.3 is 10.0 Å². The van der Waals surface area contributed by atoms with Crippen molar-refractivity contribution in [2.75, 3.05) is 13.1 Å². The van der Waals surface area contributed by atoms with E-state index in [1.54, 1.807) is 6.92 Å². The third-order valence-electron chi connectivity index (χ3n) is 2.30. The largest absolute Gasteiger partial charge is 0.386 e. The highest BCUT2D eigenvalue weighted by Crippen LogP contribution is 2.24. The molecule has 1 aliphatic heterocycles. The van der Waals surface area contributed by atoms with E-state index in [1.807, 2.05) is 0 Å². The smallest absolute Gasteiger partial charge is 0.257 e. The van der Waals surface area contributed by atoms with E-state index in [1.165, 1.54) is 11.0 Å². The number of aliphatic hydroxyl groups is 1. The molecule has 0 spiro atoms. The first kappa shape index (κ1) is 11.6. The molecule has 7 heteroatoms. The van der Waals surface area contributed by atoms with Crippen LogP contribution < -0.4 is 0 Å². The Kier molecular flexibility index (Phi) is 2.77. The predicted octanol–water partition coefficient (Wildman–Crippen LogP) is 0.990. The molecule has 0 saturated carbocycles. The van der Waals surface area contributed by atoms with Crippen LogP contribution in [0.5, 0.6) is 0 Å². The van der Waals surface area contributed by atoms with Crippen molar-refractivity contribution < 1.29 is 9.90 Å². The van der Waals surface area contributed by atoms with Gasteiger partial charge in [0.25, 0.3) is 5.91 Å². The Labute approximate surface area is 102 Å². The van der Waals surface area contributed by atoms with Gasteiger partial charge in [-0.25, -0.2) is 0 Å². The van der Waals surface area contributed by atoms with Gasteiger partial charge in [-0.05, 0) is 13.0 Å². The Morgan fingerprint density at radius 2 is 2.12 bits per heavy atom. The van der Waals surface area contributed by atoms with Crippen LogP contribution in [0.25, 0.3) is 0 Å². The molecule has 1 N–H and O–H groups in total. The van der Waals surface area contributed by atoms with Crippen molar-refractivity contribution in [1.82, 2.24) is 15.1 Å². The number of halogens is 2. The zero-order valence-electron chi connectivity index (χ0n) is 8.44. The van der Waals surface area contributed by atoms with E-state index in [4.69, 9.17) is 23.2 Å². The summed E-state index contributed by atoms with van der Waals surface area (Å²) in [6.07, 6.45) is 0. The summed E-state index contributed by atoms with van der Waals surface area (Å²) in [7, 11) is 0. The van der Waals surface area contributed by atoms with Crippen LogP contribution >= 0.6 is 23.2 Å². The molecule has 0 radical (unpaired) electrons. The summed E-state index contributed by atoms with van der Waals surface area (Å²) in [6.45, 7) is 2.22. The van der Waals surface area contributed by atoms with Gasteiger partial charge in [-0.3, -0.25) is 4.79 Å². The summed E-state index contributed by atoms with van der Waals surface area (Å²) in [6, 6.07) is 1.37. The van der Waals surface area contributed by atoms with Crippen molar-refractivity contribution in [3.8, 4) is 0 Å². The van der Waals surface area contributed by atoms with Gasteiger partial charge in [0.2, 0.25) is 0 Å². The summed E-state index contributed by atoms with van der Waals surface area (Å²) in [5.74, 6) is -0.298. The number of likely N-dealkylation sites (tertiary alicyclic amines) is 1. The second kappa shape index (κ2) is 3.84. The van der Waals surface area contributed by atoms with E-state index in [0.29, 0.717) is 0 Å². The first-order valence-electron chi connectivity index (χ1n) is 4.59. The second-order valence-corrected chi connectivity index (χ2v) is 4.77. The van der Waals surface area contributed by atoms with E-state index < -0.39 is 5.60 Å². The number of hydrogen-bond donors (Lipinski definition) is 1. The van der Waals surface area contributed by atoms with E-state index in [-0.39, 0.29) is 34.9 Å². The van der Waals surface area contributed by atoms with Crippen molar-refractivity contribution in [3.05, 3.63) is 21.9 Å². The number of rotatable bonds is 1. The van der Waals surface area contributed by atoms with Crippen LogP contribution in [0.2, 0.25) is 10.3 Å². The van der Waals surface area contributed by atoms with E-state index >= 15 is 0 Å². The molecule has 0 aliphatic carbocycles. The summed E-state index contributed by atoms with van der Waals surface area (Å²) in [5, 5.41) is 16.7. The van der Waals surface area contributed by atoms with Crippen molar-refractivity contribution in [2.45, 2.75) is 12.5 Å². The average molecular weight is 262 g/mol. The number of β-amino-alcohol motifs (C(OH)–C–C–N with tert-alkyl or cyclic N) is 1. The van der Waals surface area contributed by atoms with Crippen molar-refractivity contribution in [3.63, 3.8) is 0 Å². The number of nitrogens with zero attached hydrogens (tertiary/aromatic N) is 3. The van der Waals surface area contributed by atoms with Crippen LogP contribution in [0.15, 0.2) is 6.07 Å². The van der Waals surface area contributed by atoms with Crippen LogP contribution in [0.4, 0.5) is 0 Å². The van der Waals surface area contributed by atoms with Gasteiger partial charge in [-0.15, -0.1) is 10.2 Å². The molecule has 1 aromatic heterocycles. The Bertz CT molecular complexity index is 442. The van der Waals surface area contributed by atoms with Gasteiger partial charge >= 0.3 is 0 Å². The lowest BCUT2D eigenvalue weighted by Gasteiger charge is -2.44. The molecule has 1 aliphatic rings. The Morgan fingerprint density at radius 3 is 2.69 bits per heavy atom. The lowest BCUT2D eigenvalue weighted by atomic mass is 9.96. The summed E-state index contributed by atoms with van der Waals surface area (Å²) >= 11 is 11.4. The predicted molar refractivity (Wildman–Crippen MR) is 58.6 cm³/mol. The molecule has 0 bridgehead atoms. The number of hydrogen-bond acceptors (Lipinski definition) is 4. The molecule has 0 unspecified atom stereocenters. The molecule has 16 heavy (non-hydrogen) atoms. The fourth-order valence-electron chi connectivity index (χ4n) is 1.59. The standard InChI is InChI=1S/C9H9Cl2N3O2/c1-9(16)3-14(4-9)8(15)5-2-6(10)12-13-7(5)11/h2,16H,3-4H2,1H3. The minimum Gasteiger partial charge on any atom is -0.386 e. The first-order valence-corrected chi connectivity index (χ1v) is 5.35. The normalized spacial score (nSPS) is 18.1. The molecule has 1 aromatic rings. The maximum atomic E-state index is 11.9. The van der Waals surface area contributed by atoms with Crippen LogP contribution in [-0.2, 0) is 0 Å². The Morgan fingerprint density at radius 1 is 1.50 bits per heavy atom. The second-order valence-electron chi connectivity index (χ2n) is 4.03. The van der Waals surface area contributed by atoms with Crippen LogP contribution in [0.1, 0.15) is 17.3 Å². The van der Waals surface area contributed by atoms with Crippen LogP contribution in [-0.4, -0.2) is 44.8 Å². The van der Waals surface area contributed by atoms with Crippen molar-refractivity contribution >= 4 is 29.1 Å². The maximum absolute atomic E-state index is 11.9. The summed E-state index contributed by atoms with van der Waals surface area (Å²) < 4.78 is 0. The minimum absolute atomic E-state index is 0.0148. The maximum Gasteiger partial charge on any atom is 0.257 e. The fourth-order valence-corrected chi connectivity index (χ4v) is 1.91. The number of aromatic nitrogens is 2. The molecular formula is C9H9Cl2N3O2. The lowest BCUT2D eigenvalue weighted by molar-refractivity contribution is -0.0668. The first-order chi connectivity index (χ1) is 7.39. The molecule has 0 aromatic carbocycles. The molecule has 1 amide bonds. The van der Waals surface area contributed by atoms with Gasteiger partial charge in [0.05, 0.1) is 24.3 Å². The number of carbonyl (C=O) groups excluding carboxylic acids is 1. The lowest BCUT2D eigenvalue weighted by Crippen LogP contribution is -2.61. The molecule has 1 saturated heterocycles. The summed E-state index contributed by atoms with van der Waals surface area (Å²) in [5.41, 5.74) is -0.607. The highest BCUT2D eigenvalue weighted by molar-refractivity contribution is 6.34. The monoisotopic (exact) mass is 261 g/mol. The highest BCUT2D eigenvalue weighted by atomic mass is 35.5. The summed E-state index contributed by atoms with van der Waals surface area (Å²) in [4.78, 5) is 13.4. The fraction of sp³-hybridized carbons (Fsp3) is 0.444. The minimum atomic E-state index is -0.813. The van der Waals surface area contributed by atoms with E-state index in [0.717, 1.165) is 0 Å². The van der Waals surface area contributed by atoms with Gasteiger partial charge in [-0.2, -0.15) is 0 Å². The Balaban J connectivity index is 2.19. The zero-order valence-corrected chi connectivity index (χ0v) is 9.96. The van der Waals surface area contributed by atoms with Gasteiger partial charge in [0.15, 0.2) is 10.3 Å². The van der Waals surface area contributed by atoms with Crippen LogP contribution in [0, 0.1) is 0 Å². The molecule has 1 fully saturated rings. The van der Waals surface area contributed by atoms with Crippen LogP contribution in [0.3, 0.4) is 0 Å². The van der Waals surface area contributed by atoms with E-state index in [9.17, 15) is 9.90 Å². The molecule has 2 rings (SSSR count). The van der Waals surface area contributed by atoms with Gasteiger partial charge in [-0.1, -0.05) is 23.2 Å². The Hall–Kier alpha value is -0.910. The molecule has 5 nitrogen and oxygen atoms in total. The molecule has 2 heterocycles. The SMILES string of the molecule is CC1(O)CN(C(=O)c2cc(Cl)nnc2Cl)C1. The van der Waals surface area contributed by atoms with Crippen molar-refractivity contribution in [1.29, 1.82) is 0 Å². The molecular weight excluding hydrogens is 253 g/mol. The molecule has 0 atom stereocenters. The third-order valence-corrected chi connectivity index (χ3v) is 2.76. The van der Waals surface area contributed by atoms with E-state index in [2.05, 4.69) is 10.2 Å². The average Bonchev–Trinajstić information content (AvgIpc) is 2.17. The van der Waals surface area contributed by atoms with Gasteiger partial charge in [0, 0.05) is 0 Å². The quantitative estimate of drug-likeness (QED) is 0.819. The third kappa shape index (κ3) is 2.11. The number of carbonyl (C=O) groups is 1. The highest BCUT2D eigenvalue weighted by Gasteiger charge is 2.40. The number of amides is 1. The van der Waals surface area contributed by atoms with Crippen molar-refractivity contribution in [2.24, 2.45) is 0 Å². The molecule has 86 valence electrons. The van der Waals surface area contributed by atoms with Gasteiger partial charge in [0.1, 0.15) is 0 Å².